The van der Waals surface area contributed by atoms with Crippen LogP contribution >= 0.6 is 0 Å². The van der Waals surface area contributed by atoms with Gasteiger partial charge in [0.05, 0.1) is 0 Å². The minimum Gasteiger partial charge on any atom is -0.490 e. The van der Waals surface area contributed by atoms with E-state index in [0.717, 1.165) is 22.4 Å². The third-order valence-corrected chi connectivity index (χ3v) is 4.53. The molecule has 0 aliphatic rings. The van der Waals surface area contributed by atoms with E-state index in [-0.39, 0.29) is 5.41 Å². The van der Waals surface area contributed by atoms with Crippen LogP contribution in [0.3, 0.4) is 0 Å². The molecular weight excluding hydrogens is 322 g/mol. The molecule has 0 aromatic heterocycles. The van der Waals surface area contributed by atoms with Crippen molar-refractivity contribution in [1.29, 1.82) is 0 Å². The van der Waals surface area contributed by atoms with Crippen molar-refractivity contribution in [2.75, 3.05) is 13.2 Å². The molecule has 136 valence electrons. The van der Waals surface area contributed by atoms with E-state index in [0.29, 0.717) is 19.8 Å². The monoisotopic (exact) mass is 349 g/mol. The number of fused-ring (bicyclic) bond motifs is 1. The summed E-state index contributed by atoms with van der Waals surface area (Å²) in [7, 11) is 0. The van der Waals surface area contributed by atoms with E-state index >= 15 is 0 Å². The van der Waals surface area contributed by atoms with Crippen LogP contribution in [0.1, 0.15) is 31.9 Å². The van der Waals surface area contributed by atoms with Gasteiger partial charge in [-0.15, -0.1) is 0 Å². The highest BCUT2D eigenvalue weighted by Crippen LogP contribution is 2.28. The highest BCUT2D eigenvalue weighted by atomic mass is 16.5. The van der Waals surface area contributed by atoms with Gasteiger partial charge in [-0.1, -0.05) is 63.2 Å². The lowest BCUT2D eigenvalue weighted by atomic mass is 9.87. The molecule has 0 unspecified atom stereocenters. The summed E-state index contributed by atoms with van der Waals surface area (Å²) in [6.07, 6.45) is 0. The summed E-state index contributed by atoms with van der Waals surface area (Å²) >= 11 is 0. The average molecular weight is 349 g/mol. The Bertz CT molecular complexity index is 864. The maximum Gasteiger partial charge on any atom is 0.124 e. The van der Waals surface area contributed by atoms with Crippen LogP contribution < -0.4 is 15.2 Å². The largest absolute Gasteiger partial charge is 0.490 e. The summed E-state index contributed by atoms with van der Waals surface area (Å²) in [6.45, 7) is 8.03. The number of hydrogen-bond acceptors (Lipinski definition) is 3. The molecule has 0 saturated carbocycles. The van der Waals surface area contributed by atoms with Crippen LogP contribution in [0, 0.1) is 0 Å². The second-order valence-electron chi connectivity index (χ2n) is 7.44. The van der Waals surface area contributed by atoms with Gasteiger partial charge in [-0.25, -0.2) is 0 Å². The Balaban J connectivity index is 1.59. The van der Waals surface area contributed by atoms with Crippen molar-refractivity contribution in [3.05, 3.63) is 71.8 Å². The number of hydrogen-bond donors (Lipinski definition) is 1. The number of benzene rings is 3. The van der Waals surface area contributed by atoms with E-state index in [1.807, 2.05) is 30.3 Å². The highest BCUT2D eigenvalue weighted by Gasteiger charge is 2.13. The predicted octanol–water partition coefficient (Wildman–Crippen LogP) is 5.05. The molecular formula is C23H27NO2. The lowest BCUT2D eigenvalue weighted by Gasteiger charge is -2.19. The molecule has 0 aliphatic carbocycles. The van der Waals surface area contributed by atoms with Crippen LogP contribution in [0.15, 0.2) is 60.7 Å². The zero-order valence-electron chi connectivity index (χ0n) is 15.8. The number of rotatable bonds is 6. The van der Waals surface area contributed by atoms with Crippen molar-refractivity contribution in [3.63, 3.8) is 0 Å². The molecule has 3 aromatic rings. The molecule has 0 amide bonds. The van der Waals surface area contributed by atoms with E-state index in [2.05, 4.69) is 51.1 Å². The van der Waals surface area contributed by atoms with Crippen LogP contribution in [-0.2, 0) is 12.0 Å². The SMILES string of the molecule is CC(C)(C)c1ccc(OCCOc2ccc3ccccc3c2CN)cc1. The second-order valence-corrected chi connectivity index (χ2v) is 7.44. The quantitative estimate of drug-likeness (QED) is 0.633. The van der Waals surface area contributed by atoms with Crippen LogP contribution in [0.5, 0.6) is 11.5 Å². The molecule has 0 spiro atoms. The summed E-state index contributed by atoms with van der Waals surface area (Å²) < 4.78 is 11.7. The van der Waals surface area contributed by atoms with Gasteiger partial charge >= 0.3 is 0 Å². The third kappa shape index (κ3) is 4.17. The van der Waals surface area contributed by atoms with E-state index in [1.165, 1.54) is 10.9 Å². The zero-order chi connectivity index (χ0) is 18.6. The van der Waals surface area contributed by atoms with Gasteiger partial charge in [0.1, 0.15) is 24.7 Å². The molecule has 0 saturated heterocycles. The Labute approximate surface area is 155 Å². The van der Waals surface area contributed by atoms with Crippen molar-refractivity contribution in [1.82, 2.24) is 0 Å². The van der Waals surface area contributed by atoms with E-state index in [9.17, 15) is 0 Å². The van der Waals surface area contributed by atoms with Crippen molar-refractivity contribution >= 4 is 10.8 Å². The van der Waals surface area contributed by atoms with Crippen LogP contribution in [0.2, 0.25) is 0 Å². The zero-order valence-corrected chi connectivity index (χ0v) is 15.8. The van der Waals surface area contributed by atoms with Crippen LogP contribution in [-0.4, -0.2) is 13.2 Å². The molecule has 0 bridgehead atoms. The fourth-order valence-corrected chi connectivity index (χ4v) is 3.02. The normalized spacial score (nSPS) is 11.5. The molecule has 0 radical (unpaired) electrons. The maximum absolute atomic E-state index is 5.95. The third-order valence-electron chi connectivity index (χ3n) is 4.53. The molecule has 0 heterocycles. The van der Waals surface area contributed by atoms with E-state index in [1.54, 1.807) is 0 Å². The Morgan fingerprint density at radius 1 is 0.808 bits per heavy atom. The number of ether oxygens (including phenoxy) is 2. The standard InChI is InChI=1S/C23H27NO2/c1-23(2,3)18-9-11-19(12-10-18)25-14-15-26-22-13-8-17-6-4-5-7-20(17)21(22)16-24/h4-13H,14-16,24H2,1-3H3. The van der Waals surface area contributed by atoms with Gasteiger partial charge in [0.2, 0.25) is 0 Å². The lowest BCUT2D eigenvalue weighted by Crippen LogP contribution is -2.12. The Morgan fingerprint density at radius 3 is 2.19 bits per heavy atom. The van der Waals surface area contributed by atoms with Gasteiger partial charge in [-0.2, -0.15) is 0 Å². The summed E-state index contributed by atoms with van der Waals surface area (Å²) in [6, 6.07) is 20.5. The van der Waals surface area contributed by atoms with Crippen LogP contribution in [0.25, 0.3) is 10.8 Å². The maximum atomic E-state index is 5.95. The first kappa shape index (κ1) is 18.3. The topological polar surface area (TPSA) is 44.5 Å². The van der Waals surface area contributed by atoms with Gasteiger partial charge in [-0.05, 0) is 39.9 Å². The molecule has 3 rings (SSSR count). The molecule has 3 aromatic carbocycles. The van der Waals surface area contributed by atoms with E-state index in [4.69, 9.17) is 15.2 Å². The molecule has 26 heavy (non-hydrogen) atoms. The molecule has 0 atom stereocenters. The second kappa shape index (κ2) is 7.79. The average Bonchev–Trinajstić information content (AvgIpc) is 2.64. The minimum absolute atomic E-state index is 0.149. The Kier molecular flexibility index (Phi) is 5.48. The molecule has 0 fully saturated rings. The molecule has 0 aliphatic heterocycles. The molecule has 3 nitrogen and oxygen atoms in total. The Morgan fingerprint density at radius 2 is 1.50 bits per heavy atom. The highest BCUT2D eigenvalue weighted by molar-refractivity contribution is 5.87. The summed E-state index contributed by atoms with van der Waals surface area (Å²) in [5.74, 6) is 1.69. The van der Waals surface area contributed by atoms with Gasteiger partial charge < -0.3 is 15.2 Å². The van der Waals surface area contributed by atoms with Gasteiger partial charge in [0.15, 0.2) is 0 Å². The summed E-state index contributed by atoms with van der Waals surface area (Å²) in [4.78, 5) is 0. The first-order valence-corrected chi connectivity index (χ1v) is 9.06. The first-order chi connectivity index (χ1) is 12.5. The van der Waals surface area contributed by atoms with Crippen molar-refractivity contribution in [3.8, 4) is 11.5 Å². The Hall–Kier alpha value is -2.52. The predicted molar refractivity (Wildman–Crippen MR) is 108 cm³/mol. The minimum atomic E-state index is 0.149. The molecule has 2 N–H and O–H groups in total. The fourth-order valence-electron chi connectivity index (χ4n) is 3.02. The lowest BCUT2D eigenvalue weighted by molar-refractivity contribution is 0.216. The van der Waals surface area contributed by atoms with Gasteiger partial charge in [-0.3, -0.25) is 0 Å². The van der Waals surface area contributed by atoms with Crippen molar-refractivity contribution < 1.29 is 9.47 Å². The van der Waals surface area contributed by atoms with Gasteiger partial charge in [0.25, 0.3) is 0 Å². The fraction of sp³-hybridized carbons (Fsp3) is 0.304. The van der Waals surface area contributed by atoms with Crippen molar-refractivity contribution in [2.24, 2.45) is 5.73 Å². The van der Waals surface area contributed by atoms with E-state index < -0.39 is 0 Å². The molecule has 3 heteroatoms. The summed E-state index contributed by atoms with van der Waals surface area (Å²) in [5, 5.41) is 2.32. The van der Waals surface area contributed by atoms with Crippen molar-refractivity contribution in [2.45, 2.75) is 32.7 Å². The van der Waals surface area contributed by atoms with Gasteiger partial charge in [0, 0.05) is 12.1 Å². The first-order valence-electron chi connectivity index (χ1n) is 9.06. The van der Waals surface area contributed by atoms with Crippen LogP contribution in [0.4, 0.5) is 0 Å². The summed E-state index contributed by atoms with van der Waals surface area (Å²) in [5.41, 5.74) is 8.43. The smallest absolute Gasteiger partial charge is 0.124 e. The number of nitrogens with two attached hydrogens (primary N) is 1.